The number of methoxy groups -OCH3 is 1. The first kappa shape index (κ1) is 16.1. The number of hydrogen-bond acceptors (Lipinski definition) is 2. The summed E-state index contributed by atoms with van der Waals surface area (Å²) in [5.41, 5.74) is 3.93. The fourth-order valence-electron chi connectivity index (χ4n) is 2.49. The van der Waals surface area contributed by atoms with Gasteiger partial charge in [0.1, 0.15) is 5.75 Å². The molecule has 0 aliphatic rings. The number of likely N-dealkylation sites (N-methyl/N-ethyl adjacent to an activating group) is 1. The molecule has 0 saturated heterocycles. The Morgan fingerprint density at radius 3 is 2.48 bits per heavy atom. The summed E-state index contributed by atoms with van der Waals surface area (Å²) in [5, 5.41) is 3.30. The summed E-state index contributed by atoms with van der Waals surface area (Å²) >= 11 is 3.65. The van der Waals surface area contributed by atoms with Crippen LogP contribution in [-0.4, -0.2) is 20.7 Å². The molecule has 0 aliphatic heterocycles. The Morgan fingerprint density at radius 1 is 1.14 bits per heavy atom. The van der Waals surface area contributed by atoms with E-state index in [1.165, 1.54) is 16.7 Å². The molecule has 3 heteroatoms. The molecule has 0 amide bonds. The number of benzene rings is 2. The molecule has 0 saturated carbocycles. The summed E-state index contributed by atoms with van der Waals surface area (Å²) in [6, 6.07) is 15.0. The summed E-state index contributed by atoms with van der Waals surface area (Å²) in [7, 11) is 3.71. The summed E-state index contributed by atoms with van der Waals surface area (Å²) in [4.78, 5) is 0. The number of nitrogens with one attached hydrogen (secondary N) is 1. The van der Waals surface area contributed by atoms with Crippen LogP contribution in [0, 0.1) is 6.92 Å². The van der Waals surface area contributed by atoms with Gasteiger partial charge in [0.2, 0.25) is 0 Å². The predicted octanol–water partition coefficient (Wildman–Crippen LogP) is 4.31. The molecule has 0 spiro atoms. The lowest BCUT2D eigenvalue weighted by Gasteiger charge is -2.19. The molecule has 2 aromatic rings. The third-order valence-electron chi connectivity index (χ3n) is 3.72. The molecule has 0 aliphatic carbocycles. The average molecular weight is 348 g/mol. The summed E-state index contributed by atoms with van der Waals surface area (Å²) in [6.45, 7) is 3.07. The van der Waals surface area contributed by atoms with E-state index in [4.69, 9.17) is 4.74 Å². The fraction of sp³-hybridized carbons (Fsp3) is 0.333. The Bertz CT molecular complexity index is 580. The Labute approximate surface area is 135 Å². The van der Waals surface area contributed by atoms with Gasteiger partial charge in [0, 0.05) is 16.9 Å². The number of aryl methyl sites for hydroxylation is 1. The molecule has 1 atom stereocenters. The van der Waals surface area contributed by atoms with Crippen LogP contribution in [0.25, 0.3) is 0 Å². The first-order valence-electron chi connectivity index (χ1n) is 7.17. The number of halogens is 1. The van der Waals surface area contributed by atoms with Crippen molar-refractivity contribution in [1.82, 2.24) is 5.32 Å². The quantitative estimate of drug-likeness (QED) is 0.840. The number of hydrogen-bond donors (Lipinski definition) is 1. The summed E-state index contributed by atoms with van der Waals surface area (Å²) < 4.78 is 6.47. The summed E-state index contributed by atoms with van der Waals surface area (Å²) in [5.74, 6) is 1.35. The number of rotatable bonds is 6. The highest BCUT2D eigenvalue weighted by molar-refractivity contribution is 9.10. The van der Waals surface area contributed by atoms with Crippen LogP contribution in [0.3, 0.4) is 0 Å². The lowest BCUT2D eigenvalue weighted by atomic mass is 9.91. The number of ether oxygens (including phenoxy) is 1. The minimum absolute atomic E-state index is 0.444. The lowest BCUT2D eigenvalue weighted by Crippen LogP contribution is -2.19. The maximum Gasteiger partial charge on any atom is 0.119 e. The Kier molecular flexibility index (Phi) is 5.83. The zero-order chi connectivity index (χ0) is 15.2. The Morgan fingerprint density at radius 2 is 1.86 bits per heavy atom. The largest absolute Gasteiger partial charge is 0.497 e. The molecule has 2 aromatic carbocycles. The molecule has 0 aromatic heterocycles. The molecule has 1 unspecified atom stereocenters. The minimum Gasteiger partial charge on any atom is -0.497 e. The maximum atomic E-state index is 5.34. The van der Waals surface area contributed by atoms with Gasteiger partial charge in [0.25, 0.3) is 0 Å². The van der Waals surface area contributed by atoms with Crippen molar-refractivity contribution < 1.29 is 4.74 Å². The molecule has 1 N–H and O–H groups in total. The van der Waals surface area contributed by atoms with Gasteiger partial charge < -0.3 is 10.1 Å². The van der Waals surface area contributed by atoms with Crippen LogP contribution in [0.1, 0.15) is 22.6 Å². The molecule has 112 valence electrons. The van der Waals surface area contributed by atoms with E-state index >= 15 is 0 Å². The average Bonchev–Trinajstić information content (AvgIpc) is 2.49. The molecule has 2 nitrogen and oxygen atoms in total. The van der Waals surface area contributed by atoms with Crippen LogP contribution in [0.4, 0.5) is 0 Å². The molecule has 0 bridgehead atoms. The molecule has 21 heavy (non-hydrogen) atoms. The lowest BCUT2D eigenvalue weighted by molar-refractivity contribution is 0.414. The second kappa shape index (κ2) is 7.62. The van der Waals surface area contributed by atoms with E-state index in [2.05, 4.69) is 64.6 Å². The first-order valence-corrected chi connectivity index (χ1v) is 7.97. The molecule has 2 rings (SSSR count). The standard InChI is InChI=1S/C18H22BrNO/c1-13-4-6-14(7-5-13)16(12-20-2)10-15-11-17(21-3)8-9-18(15)19/h4-9,11,16,20H,10,12H2,1-3H3. The van der Waals surface area contributed by atoms with E-state index in [0.717, 1.165) is 23.2 Å². The van der Waals surface area contributed by atoms with Crippen molar-refractivity contribution in [2.75, 3.05) is 20.7 Å². The van der Waals surface area contributed by atoms with Gasteiger partial charge in [-0.1, -0.05) is 45.8 Å². The van der Waals surface area contributed by atoms with Gasteiger partial charge in [0.15, 0.2) is 0 Å². The third kappa shape index (κ3) is 4.32. The topological polar surface area (TPSA) is 21.3 Å². The predicted molar refractivity (Wildman–Crippen MR) is 92.2 cm³/mol. The third-order valence-corrected chi connectivity index (χ3v) is 4.49. The van der Waals surface area contributed by atoms with Crippen molar-refractivity contribution in [3.63, 3.8) is 0 Å². The van der Waals surface area contributed by atoms with Gasteiger partial charge in [0.05, 0.1) is 7.11 Å². The van der Waals surface area contributed by atoms with Gasteiger partial charge in [-0.3, -0.25) is 0 Å². The minimum atomic E-state index is 0.444. The van der Waals surface area contributed by atoms with Crippen LogP contribution in [0.2, 0.25) is 0 Å². The highest BCUT2D eigenvalue weighted by Gasteiger charge is 2.14. The van der Waals surface area contributed by atoms with Gasteiger partial charge in [-0.05, 0) is 49.7 Å². The fourth-order valence-corrected chi connectivity index (χ4v) is 2.90. The first-order chi connectivity index (χ1) is 10.1. The maximum absolute atomic E-state index is 5.34. The SMILES string of the molecule is CNCC(Cc1cc(OC)ccc1Br)c1ccc(C)cc1. The van der Waals surface area contributed by atoms with Gasteiger partial charge in [-0.25, -0.2) is 0 Å². The Hall–Kier alpha value is -1.32. The van der Waals surface area contributed by atoms with Gasteiger partial charge in [-0.15, -0.1) is 0 Å². The molecular formula is C18H22BrNO. The normalized spacial score (nSPS) is 12.2. The van der Waals surface area contributed by atoms with E-state index in [1.807, 2.05) is 13.1 Å². The van der Waals surface area contributed by atoms with Gasteiger partial charge >= 0.3 is 0 Å². The second-order valence-corrected chi connectivity index (χ2v) is 6.18. The van der Waals surface area contributed by atoms with Crippen LogP contribution in [0.15, 0.2) is 46.9 Å². The van der Waals surface area contributed by atoms with Gasteiger partial charge in [-0.2, -0.15) is 0 Å². The summed E-state index contributed by atoms with van der Waals surface area (Å²) in [6.07, 6.45) is 0.974. The van der Waals surface area contributed by atoms with E-state index < -0.39 is 0 Å². The highest BCUT2D eigenvalue weighted by atomic mass is 79.9. The van der Waals surface area contributed by atoms with Crippen LogP contribution in [-0.2, 0) is 6.42 Å². The molecular weight excluding hydrogens is 326 g/mol. The zero-order valence-electron chi connectivity index (χ0n) is 12.8. The van der Waals surface area contributed by atoms with Crippen molar-refractivity contribution >= 4 is 15.9 Å². The van der Waals surface area contributed by atoms with Crippen LogP contribution >= 0.6 is 15.9 Å². The van der Waals surface area contributed by atoms with Crippen molar-refractivity contribution in [2.24, 2.45) is 0 Å². The van der Waals surface area contributed by atoms with Crippen molar-refractivity contribution in [1.29, 1.82) is 0 Å². The second-order valence-electron chi connectivity index (χ2n) is 5.33. The highest BCUT2D eigenvalue weighted by Crippen LogP contribution is 2.28. The molecule has 0 heterocycles. The van der Waals surface area contributed by atoms with Crippen molar-refractivity contribution in [3.05, 3.63) is 63.6 Å². The monoisotopic (exact) mass is 347 g/mol. The van der Waals surface area contributed by atoms with Crippen LogP contribution < -0.4 is 10.1 Å². The molecule has 0 radical (unpaired) electrons. The van der Waals surface area contributed by atoms with Crippen LogP contribution in [0.5, 0.6) is 5.75 Å². The van der Waals surface area contributed by atoms with E-state index in [-0.39, 0.29) is 0 Å². The smallest absolute Gasteiger partial charge is 0.119 e. The van der Waals surface area contributed by atoms with E-state index in [9.17, 15) is 0 Å². The van der Waals surface area contributed by atoms with E-state index in [1.54, 1.807) is 7.11 Å². The Balaban J connectivity index is 2.25. The van der Waals surface area contributed by atoms with Crippen molar-refractivity contribution in [3.8, 4) is 5.75 Å². The van der Waals surface area contributed by atoms with E-state index in [0.29, 0.717) is 5.92 Å². The zero-order valence-corrected chi connectivity index (χ0v) is 14.4. The molecule has 0 fully saturated rings. The van der Waals surface area contributed by atoms with Crippen molar-refractivity contribution in [2.45, 2.75) is 19.3 Å².